The normalized spacial score (nSPS) is 21.4. The summed E-state index contributed by atoms with van der Waals surface area (Å²) in [6.07, 6.45) is 0.875. The van der Waals surface area contributed by atoms with Crippen molar-refractivity contribution in [3.8, 4) is 0 Å². The standard InChI is InChI=1S/C14H25N7/c1-5-11-12-13(20(4)17-11)21(14(15)16-12)9-10-8-18(2)6-7-19(10)3/h10H,5-9H2,1-4H3,(H2,15,16). The van der Waals surface area contributed by atoms with Crippen molar-refractivity contribution in [2.75, 3.05) is 39.5 Å². The number of nitrogens with two attached hydrogens (primary N) is 1. The topological polar surface area (TPSA) is 68.1 Å². The average molecular weight is 291 g/mol. The van der Waals surface area contributed by atoms with E-state index in [0.717, 1.165) is 49.5 Å². The highest BCUT2D eigenvalue weighted by Gasteiger charge is 2.25. The second-order valence-electron chi connectivity index (χ2n) is 6.07. The van der Waals surface area contributed by atoms with Crippen molar-refractivity contribution in [3.05, 3.63) is 5.69 Å². The summed E-state index contributed by atoms with van der Waals surface area (Å²) >= 11 is 0. The van der Waals surface area contributed by atoms with Crippen LogP contribution in [0.1, 0.15) is 12.6 Å². The molecule has 1 fully saturated rings. The Labute approximate surface area is 125 Å². The highest BCUT2D eigenvalue weighted by molar-refractivity contribution is 5.77. The Hall–Kier alpha value is -1.60. The number of likely N-dealkylation sites (N-methyl/N-ethyl adjacent to an activating group) is 2. The molecule has 1 saturated heterocycles. The molecule has 3 rings (SSSR count). The van der Waals surface area contributed by atoms with E-state index in [2.05, 4.69) is 45.5 Å². The molecule has 1 unspecified atom stereocenters. The van der Waals surface area contributed by atoms with E-state index < -0.39 is 0 Å². The fraction of sp³-hybridized carbons (Fsp3) is 0.714. The molecular weight excluding hydrogens is 266 g/mol. The van der Waals surface area contributed by atoms with Crippen LogP contribution in [-0.2, 0) is 20.0 Å². The number of rotatable bonds is 3. The Kier molecular flexibility index (Phi) is 3.62. The third-order valence-electron chi connectivity index (χ3n) is 4.53. The van der Waals surface area contributed by atoms with Gasteiger partial charge in [-0.1, -0.05) is 6.92 Å². The van der Waals surface area contributed by atoms with Gasteiger partial charge in [-0.25, -0.2) is 4.98 Å². The number of aromatic nitrogens is 4. The Morgan fingerprint density at radius 2 is 2.00 bits per heavy atom. The fourth-order valence-electron chi connectivity index (χ4n) is 3.19. The van der Waals surface area contributed by atoms with Gasteiger partial charge in [0, 0.05) is 39.3 Å². The predicted octanol–water partition coefficient (Wildman–Crippen LogP) is 0.160. The predicted molar refractivity (Wildman–Crippen MR) is 84.2 cm³/mol. The van der Waals surface area contributed by atoms with Crippen LogP contribution in [0.3, 0.4) is 0 Å². The molecule has 2 aromatic rings. The summed E-state index contributed by atoms with van der Waals surface area (Å²) in [7, 11) is 6.32. The first-order valence-electron chi connectivity index (χ1n) is 7.57. The maximum atomic E-state index is 6.17. The maximum Gasteiger partial charge on any atom is 0.202 e. The molecule has 7 heteroatoms. The number of aryl methyl sites for hydroxylation is 2. The van der Waals surface area contributed by atoms with Gasteiger partial charge < -0.3 is 10.6 Å². The Bertz CT molecular complexity index is 641. The minimum Gasteiger partial charge on any atom is -0.369 e. The smallest absolute Gasteiger partial charge is 0.202 e. The Morgan fingerprint density at radius 1 is 1.24 bits per heavy atom. The molecular formula is C14H25N7. The van der Waals surface area contributed by atoms with Gasteiger partial charge in [-0.05, 0) is 20.5 Å². The van der Waals surface area contributed by atoms with Gasteiger partial charge >= 0.3 is 0 Å². The molecule has 1 aliphatic rings. The molecule has 3 heterocycles. The monoisotopic (exact) mass is 291 g/mol. The number of hydrogen-bond donors (Lipinski definition) is 1. The Balaban J connectivity index is 1.96. The van der Waals surface area contributed by atoms with E-state index in [1.807, 2.05) is 11.7 Å². The van der Waals surface area contributed by atoms with Crippen LogP contribution in [0, 0.1) is 0 Å². The molecule has 2 aromatic heterocycles. The average Bonchev–Trinajstić information content (AvgIpc) is 2.92. The summed E-state index contributed by atoms with van der Waals surface area (Å²) in [6.45, 7) is 6.21. The number of anilines is 1. The molecule has 0 bridgehead atoms. The SMILES string of the molecule is CCc1nn(C)c2c1nc(N)n2CC1CN(C)CCN1C. The van der Waals surface area contributed by atoms with Crippen LogP contribution in [0.5, 0.6) is 0 Å². The zero-order valence-electron chi connectivity index (χ0n) is 13.4. The molecule has 21 heavy (non-hydrogen) atoms. The summed E-state index contributed by atoms with van der Waals surface area (Å²) < 4.78 is 4.02. The van der Waals surface area contributed by atoms with E-state index in [1.165, 1.54) is 0 Å². The van der Waals surface area contributed by atoms with E-state index in [4.69, 9.17) is 5.73 Å². The molecule has 0 spiro atoms. The van der Waals surface area contributed by atoms with Crippen LogP contribution >= 0.6 is 0 Å². The van der Waals surface area contributed by atoms with Gasteiger partial charge in [0.15, 0.2) is 5.65 Å². The lowest BCUT2D eigenvalue weighted by Gasteiger charge is -2.37. The number of nitrogens with zero attached hydrogens (tertiary/aromatic N) is 6. The molecule has 0 aromatic carbocycles. The van der Waals surface area contributed by atoms with Crippen LogP contribution in [0.15, 0.2) is 0 Å². The number of piperazine rings is 1. The van der Waals surface area contributed by atoms with Gasteiger partial charge in [-0.2, -0.15) is 5.10 Å². The van der Waals surface area contributed by atoms with Gasteiger partial charge in [-0.3, -0.25) is 14.1 Å². The molecule has 0 amide bonds. The summed E-state index contributed by atoms with van der Waals surface area (Å²) in [5.41, 5.74) is 9.17. The maximum absolute atomic E-state index is 6.17. The van der Waals surface area contributed by atoms with Crippen molar-refractivity contribution in [2.24, 2.45) is 7.05 Å². The van der Waals surface area contributed by atoms with Crippen molar-refractivity contribution >= 4 is 17.1 Å². The largest absolute Gasteiger partial charge is 0.369 e. The van der Waals surface area contributed by atoms with E-state index in [0.29, 0.717) is 12.0 Å². The lowest BCUT2D eigenvalue weighted by atomic mass is 10.2. The van der Waals surface area contributed by atoms with Gasteiger partial charge in [0.1, 0.15) is 5.52 Å². The first-order chi connectivity index (χ1) is 10.0. The van der Waals surface area contributed by atoms with Crippen molar-refractivity contribution in [3.63, 3.8) is 0 Å². The molecule has 0 saturated carbocycles. The fourth-order valence-corrected chi connectivity index (χ4v) is 3.19. The molecule has 0 radical (unpaired) electrons. The lowest BCUT2D eigenvalue weighted by molar-refractivity contribution is 0.104. The van der Waals surface area contributed by atoms with Gasteiger partial charge in [0.2, 0.25) is 5.95 Å². The Morgan fingerprint density at radius 3 is 2.71 bits per heavy atom. The quantitative estimate of drug-likeness (QED) is 0.872. The van der Waals surface area contributed by atoms with Crippen molar-refractivity contribution in [2.45, 2.75) is 25.9 Å². The van der Waals surface area contributed by atoms with Crippen LogP contribution in [0.2, 0.25) is 0 Å². The second-order valence-corrected chi connectivity index (χ2v) is 6.07. The number of hydrogen-bond acceptors (Lipinski definition) is 5. The van der Waals surface area contributed by atoms with Gasteiger partial charge in [0.05, 0.1) is 5.69 Å². The zero-order chi connectivity index (χ0) is 15.1. The minimum absolute atomic E-state index is 0.448. The number of imidazole rings is 1. The number of nitrogen functional groups attached to an aromatic ring is 1. The van der Waals surface area contributed by atoms with Gasteiger partial charge in [0.25, 0.3) is 0 Å². The summed E-state index contributed by atoms with van der Waals surface area (Å²) in [5.74, 6) is 0.592. The van der Waals surface area contributed by atoms with Crippen molar-refractivity contribution in [1.82, 2.24) is 29.1 Å². The van der Waals surface area contributed by atoms with E-state index in [-0.39, 0.29) is 0 Å². The third-order valence-corrected chi connectivity index (χ3v) is 4.53. The second kappa shape index (κ2) is 5.31. The third kappa shape index (κ3) is 2.40. The molecule has 7 nitrogen and oxygen atoms in total. The zero-order valence-corrected chi connectivity index (χ0v) is 13.4. The highest BCUT2D eigenvalue weighted by Crippen LogP contribution is 2.22. The van der Waals surface area contributed by atoms with Crippen LogP contribution in [0.4, 0.5) is 5.95 Å². The number of fused-ring (bicyclic) bond motifs is 1. The molecule has 2 N–H and O–H groups in total. The van der Waals surface area contributed by atoms with Crippen LogP contribution < -0.4 is 5.73 Å². The highest BCUT2D eigenvalue weighted by atomic mass is 15.4. The molecule has 1 aliphatic heterocycles. The summed E-state index contributed by atoms with van der Waals surface area (Å²) in [4.78, 5) is 9.32. The minimum atomic E-state index is 0.448. The van der Waals surface area contributed by atoms with Gasteiger partial charge in [-0.15, -0.1) is 0 Å². The summed E-state index contributed by atoms with van der Waals surface area (Å²) in [5, 5.41) is 4.55. The first kappa shape index (κ1) is 14.3. The van der Waals surface area contributed by atoms with E-state index in [1.54, 1.807) is 0 Å². The summed E-state index contributed by atoms with van der Waals surface area (Å²) in [6, 6.07) is 0.448. The van der Waals surface area contributed by atoms with E-state index >= 15 is 0 Å². The lowest BCUT2D eigenvalue weighted by Crippen LogP contribution is -2.51. The molecule has 1 atom stereocenters. The molecule has 0 aliphatic carbocycles. The van der Waals surface area contributed by atoms with Crippen LogP contribution in [-0.4, -0.2) is 68.9 Å². The van der Waals surface area contributed by atoms with Crippen molar-refractivity contribution in [1.29, 1.82) is 0 Å². The van der Waals surface area contributed by atoms with Crippen molar-refractivity contribution < 1.29 is 0 Å². The first-order valence-corrected chi connectivity index (χ1v) is 7.57. The van der Waals surface area contributed by atoms with Crippen LogP contribution in [0.25, 0.3) is 11.2 Å². The van der Waals surface area contributed by atoms with E-state index in [9.17, 15) is 0 Å². The molecule has 116 valence electrons.